The molecular formula is C12H8N6O3. The number of nitro benzene ring substituents is 1. The van der Waals surface area contributed by atoms with Crippen LogP contribution in [0.1, 0.15) is 0 Å². The molecule has 0 aliphatic carbocycles. The van der Waals surface area contributed by atoms with Crippen LogP contribution in [-0.4, -0.2) is 25.1 Å². The van der Waals surface area contributed by atoms with Gasteiger partial charge in [-0.05, 0) is 18.2 Å². The molecule has 9 nitrogen and oxygen atoms in total. The molecule has 0 atom stereocenters. The molecular weight excluding hydrogens is 276 g/mol. The zero-order valence-corrected chi connectivity index (χ0v) is 10.5. The van der Waals surface area contributed by atoms with Crippen LogP contribution in [0.2, 0.25) is 0 Å². The number of rotatable bonds is 4. The average Bonchev–Trinajstić information content (AvgIpc) is 2.97. The van der Waals surface area contributed by atoms with E-state index in [1.54, 1.807) is 18.5 Å². The van der Waals surface area contributed by atoms with Gasteiger partial charge >= 0.3 is 6.01 Å². The number of nitrogens with zero attached hydrogens (tertiary/aromatic N) is 5. The number of aromatic nitrogens is 4. The second-order valence-corrected chi connectivity index (χ2v) is 3.91. The maximum atomic E-state index is 10.6. The molecule has 2 aromatic heterocycles. The molecule has 3 aromatic rings. The Bertz CT molecular complexity index is 756. The van der Waals surface area contributed by atoms with Crippen molar-refractivity contribution in [3.05, 3.63) is 52.8 Å². The second kappa shape index (κ2) is 5.33. The third-order valence-electron chi connectivity index (χ3n) is 2.53. The summed E-state index contributed by atoms with van der Waals surface area (Å²) in [6.45, 7) is 0. The summed E-state index contributed by atoms with van der Waals surface area (Å²) in [6, 6.07) is 7.62. The maximum Gasteiger partial charge on any atom is 0.322 e. The van der Waals surface area contributed by atoms with Gasteiger partial charge in [-0.2, -0.15) is 0 Å². The molecule has 0 amide bonds. The zero-order valence-electron chi connectivity index (χ0n) is 10.5. The van der Waals surface area contributed by atoms with E-state index in [0.29, 0.717) is 11.5 Å². The Morgan fingerprint density at radius 2 is 1.81 bits per heavy atom. The lowest BCUT2D eigenvalue weighted by Gasteiger charge is -1.97. The summed E-state index contributed by atoms with van der Waals surface area (Å²) < 4.78 is 5.39. The third-order valence-corrected chi connectivity index (χ3v) is 2.53. The largest absolute Gasteiger partial charge is 0.403 e. The molecule has 104 valence electrons. The predicted octanol–water partition coefficient (Wildman–Crippen LogP) is 2.18. The van der Waals surface area contributed by atoms with E-state index in [2.05, 4.69) is 25.5 Å². The molecule has 21 heavy (non-hydrogen) atoms. The van der Waals surface area contributed by atoms with Crippen molar-refractivity contribution >= 4 is 17.7 Å². The van der Waals surface area contributed by atoms with Crippen molar-refractivity contribution in [2.75, 3.05) is 5.32 Å². The minimum Gasteiger partial charge on any atom is -0.403 e. The SMILES string of the molecule is O=[N+]([O-])c1ccc(-c2nnc(Nc3ncccn3)o2)cc1. The topological polar surface area (TPSA) is 120 Å². The molecule has 0 radical (unpaired) electrons. The van der Waals surface area contributed by atoms with E-state index in [1.165, 1.54) is 24.3 Å². The van der Waals surface area contributed by atoms with Gasteiger partial charge in [0.2, 0.25) is 11.8 Å². The lowest BCUT2D eigenvalue weighted by Crippen LogP contribution is -1.95. The maximum absolute atomic E-state index is 10.6. The van der Waals surface area contributed by atoms with Crippen molar-refractivity contribution in [1.29, 1.82) is 0 Å². The lowest BCUT2D eigenvalue weighted by molar-refractivity contribution is -0.384. The zero-order chi connectivity index (χ0) is 14.7. The number of non-ortho nitro benzene ring substituents is 1. The minimum atomic E-state index is -0.475. The van der Waals surface area contributed by atoms with E-state index >= 15 is 0 Å². The number of nitro groups is 1. The molecule has 0 aliphatic rings. The summed E-state index contributed by atoms with van der Waals surface area (Å²) in [7, 11) is 0. The van der Waals surface area contributed by atoms with E-state index in [0.717, 1.165) is 0 Å². The van der Waals surface area contributed by atoms with Gasteiger partial charge in [-0.25, -0.2) is 9.97 Å². The van der Waals surface area contributed by atoms with Gasteiger partial charge in [0.25, 0.3) is 5.69 Å². The summed E-state index contributed by atoms with van der Waals surface area (Å²) in [5.41, 5.74) is 0.574. The van der Waals surface area contributed by atoms with Gasteiger partial charge in [0.1, 0.15) is 0 Å². The Kier molecular flexibility index (Phi) is 3.21. The highest BCUT2D eigenvalue weighted by Crippen LogP contribution is 2.23. The Morgan fingerprint density at radius 1 is 1.10 bits per heavy atom. The van der Waals surface area contributed by atoms with Crippen LogP contribution in [0.3, 0.4) is 0 Å². The van der Waals surface area contributed by atoms with Gasteiger partial charge < -0.3 is 4.42 Å². The third kappa shape index (κ3) is 2.81. The van der Waals surface area contributed by atoms with Crippen molar-refractivity contribution in [3.63, 3.8) is 0 Å². The van der Waals surface area contributed by atoms with E-state index in [4.69, 9.17) is 4.42 Å². The minimum absolute atomic E-state index is 0.00528. The summed E-state index contributed by atoms with van der Waals surface area (Å²) in [6.07, 6.45) is 3.14. The van der Waals surface area contributed by atoms with Crippen molar-refractivity contribution in [1.82, 2.24) is 20.2 Å². The molecule has 9 heteroatoms. The van der Waals surface area contributed by atoms with E-state index in [9.17, 15) is 10.1 Å². The molecule has 0 unspecified atom stereocenters. The first-order valence-corrected chi connectivity index (χ1v) is 5.85. The molecule has 2 heterocycles. The van der Waals surface area contributed by atoms with Crippen LogP contribution >= 0.6 is 0 Å². The normalized spacial score (nSPS) is 10.3. The monoisotopic (exact) mass is 284 g/mol. The van der Waals surface area contributed by atoms with Crippen molar-refractivity contribution in [2.45, 2.75) is 0 Å². The number of anilines is 2. The number of hydrogen-bond donors (Lipinski definition) is 1. The molecule has 0 saturated heterocycles. The molecule has 0 fully saturated rings. The molecule has 1 N–H and O–H groups in total. The molecule has 0 bridgehead atoms. The van der Waals surface area contributed by atoms with E-state index in [1.807, 2.05) is 0 Å². The fourth-order valence-corrected chi connectivity index (χ4v) is 1.58. The summed E-state index contributed by atoms with van der Waals surface area (Å²) in [5, 5.41) is 21.0. The Morgan fingerprint density at radius 3 is 2.48 bits per heavy atom. The quantitative estimate of drug-likeness (QED) is 0.571. The molecule has 1 aromatic carbocycles. The standard InChI is InChI=1S/C12H8N6O3/c19-18(20)9-4-2-8(3-5-9)10-16-17-12(21-10)15-11-13-6-1-7-14-11/h1-7H,(H,13,14,15,17). The first kappa shape index (κ1) is 12.7. The molecule has 0 saturated carbocycles. The number of nitrogens with one attached hydrogen (secondary N) is 1. The van der Waals surface area contributed by atoms with Crippen molar-refractivity contribution in [3.8, 4) is 11.5 Å². The fraction of sp³-hybridized carbons (Fsp3) is 0. The Labute approximate surface area is 117 Å². The highest BCUT2D eigenvalue weighted by molar-refractivity contribution is 5.56. The van der Waals surface area contributed by atoms with Crippen LogP contribution in [-0.2, 0) is 0 Å². The lowest BCUT2D eigenvalue weighted by atomic mass is 10.2. The summed E-state index contributed by atoms with van der Waals surface area (Å²) >= 11 is 0. The number of hydrogen-bond acceptors (Lipinski definition) is 8. The van der Waals surface area contributed by atoms with Gasteiger partial charge in [-0.3, -0.25) is 15.4 Å². The van der Waals surface area contributed by atoms with Gasteiger partial charge in [0, 0.05) is 30.1 Å². The molecule has 0 aliphatic heterocycles. The molecule has 0 spiro atoms. The smallest absolute Gasteiger partial charge is 0.322 e. The molecule has 3 rings (SSSR count). The van der Waals surface area contributed by atoms with Crippen molar-refractivity contribution < 1.29 is 9.34 Å². The van der Waals surface area contributed by atoms with Crippen LogP contribution in [0.4, 0.5) is 17.7 Å². The van der Waals surface area contributed by atoms with E-state index < -0.39 is 4.92 Å². The first-order valence-electron chi connectivity index (χ1n) is 5.85. The van der Waals surface area contributed by atoms with Crippen molar-refractivity contribution in [2.24, 2.45) is 0 Å². The average molecular weight is 284 g/mol. The van der Waals surface area contributed by atoms with Crippen LogP contribution in [0.25, 0.3) is 11.5 Å². The second-order valence-electron chi connectivity index (χ2n) is 3.91. The van der Waals surface area contributed by atoms with Gasteiger partial charge in [0.05, 0.1) is 4.92 Å². The van der Waals surface area contributed by atoms with Crippen LogP contribution in [0.15, 0.2) is 47.1 Å². The summed E-state index contributed by atoms with van der Waals surface area (Å²) in [5.74, 6) is 0.569. The highest BCUT2D eigenvalue weighted by Gasteiger charge is 2.11. The summed E-state index contributed by atoms with van der Waals surface area (Å²) in [4.78, 5) is 18.0. The van der Waals surface area contributed by atoms with Gasteiger partial charge in [-0.1, -0.05) is 5.10 Å². The number of benzene rings is 1. The Balaban J connectivity index is 1.80. The van der Waals surface area contributed by atoms with Crippen LogP contribution in [0, 0.1) is 10.1 Å². The van der Waals surface area contributed by atoms with E-state index in [-0.39, 0.29) is 17.6 Å². The van der Waals surface area contributed by atoms with Gasteiger partial charge in [0.15, 0.2) is 0 Å². The fourth-order valence-electron chi connectivity index (χ4n) is 1.58. The predicted molar refractivity (Wildman–Crippen MR) is 71.7 cm³/mol. The first-order chi connectivity index (χ1) is 10.2. The van der Waals surface area contributed by atoms with Gasteiger partial charge in [-0.15, -0.1) is 5.10 Å². The Hall–Kier alpha value is -3.36. The van der Waals surface area contributed by atoms with Crippen LogP contribution < -0.4 is 5.32 Å². The van der Waals surface area contributed by atoms with Crippen LogP contribution in [0.5, 0.6) is 0 Å². The highest BCUT2D eigenvalue weighted by atomic mass is 16.6.